The summed E-state index contributed by atoms with van der Waals surface area (Å²) in [5.74, 6) is 1.11. The molecule has 3 rings (SSSR count). The molecular weight excluding hydrogens is 272 g/mol. The fourth-order valence-corrected chi connectivity index (χ4v) is 3.25. The van der Waals surface area contributed by atoms with E-state index in [0.717, 1.165) is 59.4 Å². The van der Waals surface area contributed by atoms with E-state index in [1.165, 1.54) is 5.56 Å². The Bertz CT molecular complexity index is 729. The van der Waals surface area contributed by atoms with E-state index in [0.29, 0.717) is 0 Å². The normalized spacial score (nSPS) is 14.0. The number of rotatable bonds is 2. The molecule has 114 valence electrons. The second kappa shape index (κ2) is 5.96. The van der Waals surface area contributed by atoms with Gasteiger partial charge in [0.15, 0.2) is 5.78 Å². The molecule has 2 heteroatoms. The number of hydrogen-bond acceptors (Lipinski definition) is 2. The molecule has 2 aromatic carbocycles. The van der Waals surface area contributed by atoms with Crippen LogP contribution in [0.5, 0.6) is 5.75 Å². The average molecular weight is 294 g/mol. The first-order valence-corrected chi connectivity index (χ1v) is 7.96. The molecule has 0 bridgehead atoms. The van der Waals surface area contributed by atoms with Gasteiger partial charge in [0.1, 0.15) is 5.75 Å². The summed E-state index contributed by atoms with van der Waals surface area (Å²) in [7, 11) is 0. The van der Waals surface area contributed by atoms with Gasteiger partial charge in [0.2, 0.25) is 0 Å². The number of carbonyl (C=O) groups excluding carboxylic acids is 1. The van der Waals surface area contributed by atoms with E-state index in [4.69, 9.17) is 4.74 Å². The molecule has 0 atom stereocenters. The molecule has 0 unspecified atom stereocenters. The summed E-state index contributed by atoms with van der Waals surface area (Å²) < 4.78 is 5.91. The number of aryl methyl sites for hydroxylation is 2. The number of ether oxygens (including phenoxy) is 1. The molecule has 0 aromatic heterocycles. The molecular formula is C20H22O2. The summed E-state index contributed by atoms with van der Waals surface area (Å²) in [5, 5.41) is 0. The largest absolute Gasteiger partial charge is 0.493 e. The third-order valence-electron chi connectivity index (χ3n) is 4.55. The predicted molar refractivity (Wildman–Crippen MR) is 89.0 cm³/mol. The van der Waals surface area contributed by atoms with E-state index in [9.17, 15) is 4.79 Å². The lowest BCUT2D eigenvalue weighted by Gasteiger charge is -2.17. The molecule has 1 aliphatic heterocycles. The van der Waals surface area contributed by atoms with Crippen molar-refractivity contribution in [3.8, 4) is 5.75 Å². The first-order valence-electron chi connectivity index (χ1n) is 7.96. The van der Waals surface area contributed by atoms with Crippen molar-refractivity contribution in [2.24, 2.45) is 0 Å². The fourth-order valence-electron chi connectivity index (χ4n) is 3.25. The van der Waals surface area contributed by atoms with Gasteiger partial charge in [-0.25, -0.2) is 0 Å². The maximum Gasteiger partial charge on any atom is 0.193 e. The van der Waals surface area contributed by atoms with Gasteiger partial charge in [-0.15, -0.1) is 0 Å². The first kappa shape index (κ1) is 14.8. The zero-order valence-corrected chi connectivity index (χ0v) is 13.5. The molecule has 0 aliphatic carbocycles. The molecule has 0 saturated carbocycles. The Morgan fingerprint density at radius 3 is 2.55 bits per heavy atom. The summed E-state index contributed by atoms with van der Waals surface area (Å²) in [6.07, 6.45) is 3.20. The minimum Gasteiger partial charge on any atom is -0.493 e. The summed E-state index contributed by atoms with van der Waals surface area (Å²) in [4.78, 5) is 13.0. The van der Waals surface area contributed by atoms with Gasteiger partial charge in [0.05, 0.1) is 6.61 Å². The lowest BCUT2D eigenvalue weighted by atomic mass is 9.89. The Hall–Kier alpha value is -2.09. The van der Waals surface area contributed by atoms with E-state index >= 15 is 0 Å². The minimum atomic E-state index is 0.116. The summed E-state index contributed by atoms with van der Waals surface area (Å²) >= 11 is 0. The van der Waals surface area contributed by atoms with Crippen LogP contribution in [0.2, 0.25) is 0 Å². The van der Waals surface area contributed by atoms with Crippen LogP contribution < -0.4 is 4.74 Å². The van der Waals surface area contributed by atoms with E-state index in [1.807, 2.05) is 44.2 Å². The average Bonchev–Trinajstić information content (AvgIpc) is 2.77. The third kappa shape index (κ3) is 2.54. The molecule has 0 spiro atoms. The first-order chi connectivity index (χ1) is 10.6. The standard InChI is InChI=1S/C20H22O2/c1-13-8-4-5-9-16(13)19(21)18-12-14(2)20-17(15(18)3)10-6-7-11-22-20/h4-5,8-9,12H,6-7,10-11H2,1-3H3. The van der Waals surface area contributed by atoms with Gasteiger partial charge in [0, 0.05) is 11.1 Å². The van der Waals surface area contributed by atoms with Crippen LogP contribution in [0.1, 0.15) is 51.0 Å². The summed E-state index contributed by atoms with van der Waals surface area (Å²) in [6.45, 7) is 6.86. The van der Waals surface area contributed by atoms with Crippen LogP contribution in [0.25, 0.3) is 0 Å². The number of fused-ring (bicyclic) bond motifs is 1. The number of benzene rings is 2. The molecule has 0 saturated heterocycles. The van der Waals surface area contributed by atoms with Crippen molar-refractivity contribution >= 4 is 5.78 Å². The Morgan fingerprint density at radius 1 is 1.00 bits per heavy atom. The predicted octanol–water partition coefficient (Wildman–Crippen LogP) is 4.56. The molecule has 0 N–H and O–H groups in total. The molecule has 0 fully saturated rings. The third-order valence-corrected chi connectivity index (χ3v) is 4.55. The topological polar surface area (TPSA) is 26.3 Å². The van der Waals surface area contributed by atoms with Crippen LogP contribution in [-0.4, -0.2) is 12.4 Å². The molecule has 2 nitrogen and oxygen atoms in total. The second-order valence-electron chi connectivity index (χ2n) is 6.12. The summed E-state index contributed by atoms with van der Waals surface area (Å²) in [5.41, 5.74) is 6.00. The SMILES string of the molecule is Cc1ccccc1C(=O)c1cc(C)c2c(c1C)CCCCO2. The smallest absolute Gasteiger partial charge is 0.193 e. The number of hydrogen-bond donors (Lipinski definition) is 0. The van der Waals surface area contributed by atoms with Crippen LogP contribution in [-0.2, 0) is 6.42 Å². The van der Waals surface area contributed by atoms with Gasteiger partial charge in [0.25, 0.3) is 0 Å². The van der Waals surface area contributed by atoms with E-state index in [-0.39, 0.29) is 5.78 Å². The second-order valence-corrected chi connectivity index (χ2v) is 6.12. The number of ketones is 1. The van der Waals surface area contributed by atoms with Crippen molar-refractivity contribution in [1.82, 2.24) is 0 Å². The molecule has 22 heavy (non-hydrogen) atoms. The van der Waals surface area contributed by atoms with Crippen molar-refractivity contribution in [3.63, 3.8) is 0 Å². The maximum absolute atomic E-state index is 13.0. The van der Waals surface area contributed by atoms with Crippen LogP contribution >= 0.6 is 0 Å². The van der Waals surface area contributed by atoms with Crippen molar-refractivity contribution in [1.29, 1.82) is 0 Å². The molecule has 0 amide bonds. The van der Waals surface area contributed by atoms with Crippen molar-refractivity contribution in [3.05, 3.63) is 63.7 Å². The van der Waals surface area contributed by atoms with Crippen molar-refractivity contribution in [2.45, 2.75) is 40.0 Å². The van der Waals surface area contributed by atoms with Crippen LogP contribution in [0.3, 0.4) is 0 Å². The number of carbonyl (C=O) groups is 1. The lowest BCUT2D eigenvalue weighted by Crippen LogP contribution is -2.09. The van der Waals surface area contributed by atoms with Gasteiger partial charge in [-0.05, 0) is 68.4 Å². The van der Waals surface area contributed by atoms with E-state index < -0.39 is 0 Å². The highest BCUT2D eigenvalue weighted by atomic mass is 16.5. The van der Waals surface area contributed by atoms with Crippen LogP contribution in [0, 0.1) is 20.8 Å². The molecule has 2 aromatic rings. The zero-order valence-electron chi connectivity index (χ0n) is 13.5. The van der Waals surface area contributed by atoms with Gasteiger partial charge < -0.3 is 4.74 Å². The minimum absolute atomic E-state index is 0.116. The van der Waals surface area contributed by atoms with Crippen molar-refractivity contribution < 1.29 is 9.53 Å². The van der Waals surface area contributed by atoms with Crippen molar-refractivity contribution in [2.75, 3.05) is 6.61 Å². The Morgan fingerprint density at radius 2 is 1.77 bits per heavy atom. The maximum atomic E-state index is 13.0. The highest BCUT2D eigenvalue weighted by Gasteiger charge is 2.21. The van der Waals surface area contributed by atoms with E-state index in [1.54, 1.807) is 0 Å². The zero-order chi connectivity index (χ0) is 15.7. The molecule has 0 radical (unpaired) electrons. The summed E-state index contributed by atoms with van der Waals surface area (Å²) in [6, 6.07) is 9.79. The Labute approximate surface area is 132 Å². The Balaban J connectivity index is 2.12. The highest BCUT2D eigenvalue weighted by Crippen LogP contribution is 2.34. The quantitative estimate of drug-likeness (QED) is 0.759. The van der Waals surface area contributed by atoms with E-state index in [2.05, 4.69) is 6.92 Å². The Kier molecular flexibility index (Phi) is 4.02. The van der Waals surface area contributed by atoms with Crippen LogP contribution in [0.15, 0.2) is 30.3 Å². The lowest BCUT2D eigenvalue weighted by molar-refractivity contribution is 0.103. The van der Waals surface area contributed by atoms with Gasteiger partial charge in [-0.3, -0.25) is 4.79 Å². The molecule has 1 heterocycles. The van der Waals surface area contributed by atoms with Crippen LogP contribution in [0.4, 0.5) is 0 Å². The monoisotopic (exact) mass is 294 g/mol. The highest BCUT2D eigenvalue weighted by molar-refractivity contribution is 6.11. The van der Waals surface area contributed by atoms with Gasteiger partial charge >= 0.3 is 0 Å². The fraction of sp³-hybridized carbons (Fsp3) is 0.350. The van der Waals surface area contributed by atoms with Gasteiger partial charge in [-0.1, -0.05) is 24.3 Å². The van der Waals surface area contributed by atoms with Gasteiger partial charge in [-0.2, -0.15) is 0 Å². The molecule has 1 aliphatic rings.